The number of primary amides is 1. The summed E-state index contributed by atoms with van der Waals surface area (Å²) in [5.41, 5.74) is 5.18. The molecule has 0 radical (unpaired) electrons. The van der Waals surface area contributed by atoms with Crippen molar-refractivity contribution in [1.82, 2.24) is 10.2 Å². The molecule has 0 aromatic heterocycles. The molecule has 1 heterocycles. The van der Waals surface area contributed by atoms with E-state index in [0.29, 0.717) is 13.1 Å². The number of nitrogens with one attached hydrogen (secondary N) is 1. The van der Waals surface area contributed by atoms with Gasteiger partial charge in [-0.15, -0.1) is 0 Å². The Morgan fingerprint density at radius 1 is 1.86 bits per heavy atom. The van der Waals surface area contributed by atoms with Crippen molar-refractivity contribution in [3.05, 3.63) is 0 Å². The highest BCUT2D eigenvalue weighted by atomic mass is 16.1. The fourth-order valence-corrected chi connectivity index (χ4v) is 1.53. The normalized spacial score (nSPS) is 25.3. The predicted octanol–water partition coefficient (Wildman–Crippen LogP) is -1.09. The van der Waals surface area contributed by atoms with Gasteiger partial charge in [-0.2, -0.15) is 5.26 Å². The number of carbonyl (C=O) groups excluding carboxylic acids is 1. The molecule has 0 aromatic carbocycles. The van der Waals surface area contributed by atoms with Crippen molar-refractivity contribution in [3.63, 3.8) is 0 Å². The minimum atomic E-state index is -0.305. The standard InChI is InChI=1S/C9H16N4O/c1-7(9(11)14)6-13-3-2-12-5-8(13)4-10/h7-8,12H,2-3,5-6H2,1H3,(H2,11,14). The van der Waals surface area contributed by atoms with Crippen LogP contribution in [0.25, 0.3) is 0 Å². The molecule has 5 heteroatoms. The molecule has 0 aromatic rings. The number of piperazine rings is 1. The van der Waals surface area contributed by atoms with E-state index in [0.717, 1.165) is 13.1 Å². The molecule has 2 atom stereocenters. The second-order valence-corrected chi connectivity index (χ2v) is 3.65. The first-order chi connectivity index (χ1) is 6.65. The first-order valence-electron chi connectivity index (χ1n) is 4.79. The number of hydrogen-bond donors (Lipinski definition) is 2. The molecule has 2 unspecified atom stereocenters. The molecule has 1 amide bonds. The zero-order valence-electron chi connectivity index (χ0n) is 8.36. The molecule has 0 spiro atoms. The number of nitrogens with two attached hydrogens (primary N) is 1. The van der Waals surface area contributed by atoms with Crippen molar-refractivity contribution >= 4 is 5.91 Å². The lowest BCUT2D eigenvalue weighted by atomic mass is 10.1. The van der Waals surface area contributed by atoms with E-state index in [1.54, 1.807) is 6.92 Å². The van der Waals surface area contributed by atoms with Gasteiger partial charge < -0.3 is 11.1 Å². The summed E-state index contributed by atoms with van der Waals surface area (Å²) in [5, 5.41) is 12.0. The number of carbonyl (C=O) groups is 1. The molecular weight excluding hydrogens is 180 g/mol. The van der Waals surface area contributed by atoms with Gasteiger partial charge in [-0.05, 0) is 0 Å². The fraction of sp³-hybridized carbons (Fsp3) is 0.778. The summed E-state index contributed by atoms with van der Waals surface area (Å²) in [6.07, 6.45) is 0. The van der Waals surface area contributed by atoms with E-state index in [9.17, 15) is 4.79 Å². The Labute approximate surface area is 83.9 Å². The van der Waals surface area contributed by atoms with E-state index in [-0.39, 0.29) is 17.9 Å². The average Bonchev–Trinajstić information content (AvgIpc) is 2.18. The van der Waals surface area contributed by atoms with E-state index >= 15 is 0 Å². The van der Waals surface area contributed by atoms with Crippen molar-refractivity contribution in [1.29, 1.82) is 5.26 Å². The minimum absolute atomic E-state index is 0.134. The van der Waals surface area contributed by atoms with Gasteiger partial charge in [-0.25, -0.2) is 0 Å². The Bertz CT molecular complexity index is 248. The molecule has 5 nitrogen and oxygen atoms in total. The maximum Gasteiger partial charge on any atom is 0.221 e. The van der Waals surface area contributed by atoms with Gasteiger partial charge >= 0.3 is 0 Å². The SMILES string of the molecule is CC(CN1CCNCC1C#N)C(N)=O. The van der Waals surface area contributed by atoms with Crippen LogP contribution < -0.4 is 11.1 Å². The molecule has 1 rings (SSSR count). The third-order valence-corrected chi connectivity index (χ3v) is 2.50. The molecule has 0 saturated carbocycles. The first kappa shape index (κ1) is 11.0. The maximum atomic E-state index is 10.9. The number of rotatable bonds is 3. The zero-order valence-corrected chi connectivity index (χ0v) is 8.36. The molecule has 14 heavy (non-hydrogen) atoms. The Balaban J connectivity index is 2.49. The van der Waals surface area contributed by atoms with Crippen LogP contribution in [0.15, 0.2) is 0 Å². The van der Waals surface area contributed by atoms with Crippen LogP contribution in [0.5, 0.6) is 0 Å². The molecule has 1 aliphatic heterocycles. The van der Waals surface area contributed by atoms with Crippen LogP contribution in [-0.4, -0.2) is 43.0 Å². The summed E-state index contributed by atoms with van der Waals surface area (Å²) in [5.74, 6) is -0.496. The van der Waals surface area contributed by atoms with Gasteiger partial charge in [0.1, 0.15) is 6.04 Å². The van der Waals surface area contributed by atoms with Crippen LogP contribution in [0.4, 0.5) is 0 Å². The highest BCUT2D eigenvalue weighted by molar-refractivity contribution is 5.76. The van der Waals surface area contributed by atoms with Crippen LogP contribution in [0, 0.1) is 17.2 Å². The van der Waals surface area contributed by atoms with Crippen molar-refractivity contribution < 1.29 is 4.79 Å². The Morgan fingerprint density at radius 2 is 2.57 bits per heavy atom. The smallest absolute Gasteiger partial charge is 0.221 e. The van der Waals surface area contributed by atoms with Gasteiger partial charge in [0.15, 0.2) is 0 Å². The summed E-state index contributed by atoms with van der Waals surface area (Å²) in [4.78, 5) is 12.9. The Morgan fingerprint density at radius 3 is 3.14 bits per heavy atom. The molecular formula is C9H16N4O. The maximum absolute atomic E-state index is 10.9. The lowest BCUT2D eigenvalue weighted by Crippen LogP contribution is -2.52. The molecule has 0 bridgehead atoms. The van der Waals surface area contributed by atoms with Crippen LogP contribution in [0.2, 0.25) is 0 Å². The molecule has 1 fully saturated rings. The molecule has 0 aliphatic carbocycles. The lowest BCUT2D eigenvalue weighted by Gasteiger charge is -2.33. The highest BCUT2D eigenvalue weighted by Gasteiger charge is 2.24. The van der Waals surface area contributed by atoms with Gasteiger partial charge in [-0.3, -0.25) is 9.69 Å². The third-order valence-electron chi connectivity index (χ3n) is 2.50. The van der Waals surface area contributed by atoms with Gasteiger partial charge in [-0.1, -0.05) is 6.92 Å². The van der Waals surface area contributed by atoms with E-state index in [1.807, 2.05) is 4.90 Å². The van der Waals surface area contributed by atoms with Crippen LogP contribution in [0.1, 0.15) is 6.92 Å². The third kappa shape index (κ3) is 2.69. The number of nitrogens with zero attached hydrogens (tertiary/aromatic N) is 2. The van der Waals surface area contributed by atoms with Crippen LogP contribution in [0.3, 0.4) is 0 Å². The van der Waals surface area contributed by atoms with Crippen molar-refractivity contribution in [2.45, 2.75) is 13.0 Å². The monoisotopic (exact) mass is 196 g/mol. The van der Waals surface area contributed by atoms with E-state index in [1.165, 1.54) is 0 Å². The Hall–Kier alpha value is -1.12. The summed E-state index contributed by atoms with van der Waals surface area (Å²) >= 11 is 0. The van der Waals surface area contributed by atoms with Crippen LogP contribution in [-0.2, 0) is 4.79 Å². The molecule has 1 saturated heterocycles. The minimum Gasteiger partial charge on any atom is -0.369 e. The van der Waals surface area contributed by atoms with Crippen LogP contribution >= 0.6 is 0 Å². The summed E-state index contributed by atoms with van der Waals surface area (Å²) in [7, 11) is 0. The first-order valence-corrected chi connectivity index (χ1v) is 4.79. The van der Waals surface area contributed by atoms with E-state index < -0.39 is 0 Å². The Kier molecular flexibility index (Phi) is 3.86. The van der Waals surface area contributed by atoms with Gasteiger partial charge in [0.25, 0.3) is 0 Å². The molecule has 1 aliphatic rings. The van der Waals surface area contributed by atoms with E-state index in [4.69, 9.17) is 11.0 Å². The summed E-state index contributed by atoms with van der Waals surface area (Å²) in [6, 6.07) is 2.08. The topological polar surface area (TPSA) is 82.2 Å². The van der Waals surface area contributed by atoms with Gasteiger partial charge in [0.2, 0.25) is 5.91 Å². The second-order valence-electron chi connectivity index (χ2n) is 3.65. The van der Waals surface area contributed by atoms with Crippen molar-refractivity contribution in [2.24, 2.45) is 11.7 Å². The lowest BCUT2D eigenvalue weighted by molar-refractivity contribution is -0.122. The quantitative estimate of drug-likeness (QED) is 0.600. The van der Waals surface area contributed by atoms with Crippen molar-refractivity contribution in [2.75, 3.05) is 26.2 Å². The van der Waals surface area contributed by atoms with E-state index in [2.05, 4.69) is 11.4 Å². The largest absolute Gasteiger partial charge is 0.369 e. The molecule has 3 N–H and O–H groups in total. The molecule has 78 valence electrons. The number of hydrogen-bond acceptors (Lipinski definition) is 4. The summed E-state index contributed by atoms with van der Waals surface area (Å²) in [6.45, 7) is 4.70. The average molecular weight is 196 g/mol. The number of amides is 1. The fourth-order valence-electron chi connectivity index (χ4n) is 1.53. The van der Waals surface area contributed by atoms with Gasteiger partial charge in [0, 0.05) is 32.1 Å². The summed E-state index contributed by atoms with van der Waals surface area (Å²) < 4.78 is 0. The van der Waals surface area contributed by atoms with Gasteiger partial charge in [0.05, 0.1) is 6.07 Å². The second kappa shape index (κ2) is 4.94. The van der Waals surface area contributed by atoms with Crippen molar-refractivity contribution in [3.8, 4) is 6.07 Å². The predicted molar refractivity (Wildman–Crippen MR) is 52.2 cm³/mol. The zero-order chi connectivity index (χ0) is 10.6. The number of nitriles is 1. The highest BCUT2D eigenvalue weighted by Crippen LogP contribution is 2.06.